The number of esters is 1. The van der Waals surface area contributed by atoms with Gasteiger partial charge in [-0.1, -0.05) is 30.3 Å². The van der Waals surface area contributed by atoms with Crippen LogP contribution in [0.15, 0.2) is 47.5 Å². The van der Waals surface area contributed by atoms with Crippen molar-refractivity contribution in [3.8, 4) is 5.75 Å². The van der Waals surface area contributed by atoms with Crippen molar-refractivity contribution in [2.24, 2.45) is 4.99 Å². The van der Waals surface area contributed by atoms with E-state index in [-0.39, 0.29) is 5.97 Å². The van der Waals surface area contributed by atoms with Crippen LogP contribution < -0.4 is 4.74 Å². The van der Waals surface area contributed by atoms with Gasteiger partial charge in [-0.2, -0.15) is 0 Å². The summed E-state index contributed by atoms with van der Waals surface area (Å²) in [6.45, 7) is 4.16. The lowest BCUT2D eigenvalue weighted by atomic mass is 9.92. The van der Waals surface area contributed by atoms with Crippen molar-refractivity contribution in [1.82, 2.24) is 0 Å². The molecule has 0 atom stereocenters. The van der Waals surface area contributed by atoms with Gasteiger partial charge in [0.15, 0.2) is 0 Å². The zero-order chi connectivity index (χ0) is 14.8. The summed E-state index contributed by atoms with van der Waals surface area (Å²) in [6.07, 6.45) is 0.953. The second-order valence-electron chi connectivity index (χ2n) is 5.23. The van der Waals surface area contributed by atoms with E-state index in [9.17, 15) is 4.79 Å². The van der Waals surface area contributed by atoms with Crippen LogP contribution in [-0.2, 0) is 11.2 Å². The first kappa shape index (κ1) is 13.6. The Balaban J connectivity index is 2.12. The van der Waals surface area contributed by atoms with Crippen molar-refractivity contribution in [3.05, 3.63) is 64.7 Å². The van der Waals surface area contributed by atoms with E-state index in [1.807, 2.05) is 37.3 Å². The molecule has 0 spiro atoms. The van der Waals surface area contributed by atoms with Crippen LogP contribution in [0.1, 0.15) is 29.2 Å². The quantitative estimate of drug-likeness (QED) is 0.625. The predicted octanol–water partition coefficient (Wildman–Crippen LogP) is 3.31. The van der Waals surface area contributed by atoms with Crippen molar-refractivity contribution in [2.75, 3.05) is 6.54 Å². The molecule has 0 bridgehead atoms. The molecule has 0 aromatic heterocycles. The van der Waals surface area contributed by atoms with E-state index in [1.54, 1.807) is 0 Å². The van der Waals surface area contributed by atoms with Gasteiger partial charge >= 0.3 is 5.97 Å². The van der Waals surface area contributed by atoms with Gasteiger partial charge in [-0.15, -0.1) is 0 Å². The van der Waals surface area contributed by atoms with Gasteiger partial charge in [-0.25, -0.2) is 0 Å². The molecule has 0 unspecified atom stereocenters. The smallest absolute Gasteiger partial charge is 0.308 e. The first-order chi connectivity index (χ1) is 10.1. The van der Waals surface area contributed by atoms with Crippen molar-refractivity contribution < 1.29 is 9.53 Å². The fraction of sp³-hybridized carbons (Fsp3) is 0.222. The number of hydrogen-bond donors (Lipinski definition) is 0. The molecule has 0 saturated carbocycles. The molecule has 3 nitrogen and oxygen atoms in total. The highest BCUT2D eigenvalue weighted by Gasteiger charge is 2.19. The number of nitrogens with zero attached hydrogens (tertiary/aromatic N) is 1. The molecule has 0 N–H and O–H groups in total. The molecule has 1 heterocycles. The van der Waals surface area contributed by atoms with Crippen molar-refractivity contribution in [2.45, 2.75) is 20.3 Å². The Morgan fingerprint density at radius 1 is 1.14 bits per heavy atom. The van der Waals surface area contributed by atoms with E-state index < -0.39 is 0 Å². The molecule has 3 heteroatoms. The zero-order valence-corrected chi connectivity index (χ0v) is 12.2. The summed E-state index contributed by atoms with van der Waals surface area (Å²) in [5.41, 5.74) is 5.26. The highest BCUT2D eigenvalue weighted by molar-refractivity contribution is 6.16. The second-order valence-corrected chi connectivity index (χ2v) is 5.23. The first-order valence-electron chi connectivity index (χ1n) is 7.07. The number of fused-ring (bicyclic) bond motifs is 1. The lowest BCUT2D eigenvalue weighted by molar-refractivity contribution is -0.131. The van der Waals surface area contributed by atoms with E-state index in [0.717, 1.165) is 35.4 Å². The van der Waals surface area contributed by atoms with Crippen LogP contribution >= 0.6 is 0 Å². The Morgan fingerprint density at radius 2 is 1.95 bits per heavy atom. The minimum Gasteiger partial charge on any atom is -0.426 e. The Bertz CT molecular complexity index is 732. The summed E-state index contributed by atoms with van der Waals surface area (Å²) in [4.78, 5) is 16.0. The third-order valence-corrected chi connectivity index (χ3v) is 3.57. The van der Waals surface area contributed by atoms with Crippen LogP contribution in [0.4, 0.5) is 0 Å². The van der Waals surface area contributed by atoms with Gasteiger partial charge in [0.1, 0.15) is 5.75 Å². The average molecular weight is 279 g/mol. The molecule has 0 fully saturated rings. The van der Waals surface area contributed by atoms with Gasteiger partial charge < -0.3 is 4.74 Å². The van der Waals surface area contributed by atoms with Crippen molar-refractivity contribution >= 4 is 11.7 Å². The van der Waals surface area contributed by atoms with E-state index in [0.29, 0.717) is 5.75 Å². The van der Waals surface area contributed by atoms with Crippen LogP contribution in [0.3, 0.4) is 0 Å². The highest BCUT2D eigenvalue weighted by atomic mass is 16.5. The topological polar surface area (TPSA) is 38.7 Å². The maximum Gasteiger partial charge on any atom is 0.308 e. The second kappa shape index (κ2) is 5.52. The van der Waals surface area contributed by atoms with Gasteiger partial charge in [0.25, 0.3) is 0 Å². The minimum atomic E-state index is -0.313. The normalized spacial score (nSPS) is 13.3. The molecule has 2 aromatic rings. The molecule has 0 saturated heterocycles. The number of ether oxygens (including phenoxy) is 1. The van der Waals surface area contributed by atoms with Gasteiger partial charge in [-0.05, 0) is 36.6 Å². The van der Waals surface area contributed by atoms with E-state index in [2.05, 4.69) is 17.1 Å². The van der Waals surface area contributed by atoms with E-state index in [1.165, 1.54) is 12.5 Å². The number of rotatable bonds is 2. The summed E-state index contributed by atoms with van der Waals surface area (Å²) < 4.78 is 5.37. The summed E-state index contributed by atoms with van der Waals surface area (Å²) in [6, 6.07) is 14.1. The lowest BCUT2D eigenvalue weighted by Crippen LogP contribution is -2.16. The summed E-state index contributed by atoms with van der Waals surface area (Å²) in [5.74, 6) is 0.268. The third kappa shape index (κ3) is 2.72. The molecular weight excluding hydrogens is 262 g/mol. The maximum absolute atomic E-state index is 11.3. The predicted molar refractivity (Wildman–Crippen MR) is 83.1 cm³/mol. The number of carbonyl (C=O) groups excluding carboxylic acids is 1. The van der Waals surface area contributed by atoms with E-state index >= 15 is 0 Å². The molecule has 3 rings (SSSR count). The van der Waals surface area contributed by atoms with Gasteiger partial charge in [0.2, 0.25) is 0 Å². The molecule has 2 aromatic carbocycles. The van der Waals surface area contributed by atoms with Crippen LogP contribution in [0, 0.1) is 6.92 Å². The SMILES string of the molecule is CC(=O)Oc1cc(C)ccc1C1=NCCc2ccccc21. The van der Waals surface area contributed by atoms with Gasteiger partial charge in [0.05, 0.1) is 5.71 Å². The Kier molecular flexibility index (Phi) is 3.57. The maximum atomic E-state index is 11.3. The average Bonchev–Trinajstić information content (AvgIpc) is 2.46. The van der Waals surface area contributed by atoms with E-state index in [4.69, 9.17) is 4.74 Å². The largest absolute Gasteiger partial charge is 0.426 e. The standard InChI is InChI=1S/C18H17NO2/c1-12-7-8-16(17(11-12)21-13(2)20)18-15-6-4-3-5-14(15)9-10-19-18/h3-8,11H,9-10H2,1-2H3. The van der Waals surface area contributed by atoms with Crippen LogP contribution in [-0.4, -0.2) is 18.2 Å². The molecule has 0 radical (unpaired) electrons. The molecule has 1 aliphatic heterocycles. The number of carbonyl (C=O) groups is 1. The Morgan fingerprint density at radius 3 is 2.76 bits per heavy atom. The monoisotopic (exact) mass is 279 g/mol. The molecule has 0 aliphatic carbocycles. The number of aryl methyl sites for hydroxylation is 1. The minimum absolute atomic E-state index is 0.313. The Hall–Kier alpha value is -2.42. The third-order valence-electron chi connectivity index (χ3n) is 3.57. The molecular formula is C18H17NO2. The molecule has 0 amide bonds. The van der Waals surface area contributed by atoms with Crippen molar-refractivity contribution in [3.63, 3.8) is 0 Å². The van der Waals surface area contributed by atoms with Gasteiger partial charge in [-0.3, -0.25) is 9.79 Å². The van der Waals surface area contributed by atoms with Crippen LogP contribution in [0.25, 0.3) is 0 Å². The summed E-state index contributed by atoms with van der Waals surface area (Å²) in [7, 11) is 0. The summed E-state index contributed by atoms with van der Waals surface area (Å²) >= 11 is 0. The molecule has 1 aliphatic rings. The summed E-state index contributed by atoms with van der Waals surface area (Å²) in [5, 5.41) is 0. The zero-order valence-electron chi connectivity index (χ0n) is 12.2. The van der Waals surface area contributed by atoms with Crippen molar-refractivity contribution in [1.29, 1.82) is 0 Å². The van der Waals surface area contributed by atoms with Gasteiger partial charge in [0, 0.05) is 24.6 Å². The Labute approximate surface area is 124 Å². The first-order valence-corrected chi connectivity index (χ1v) is 7.07. The van der Waals surface area contributed by atoms with Crippen LogP contribution in [0.5, 0.6) is 5.75 Å². The fourth-order valence-corrected chi connectivity index (χ4v) is 2.64. The lowest BCUT2D eigenvalue weighted by Gasteiger charge is -2.19. The fourth-order valence-electron chi connectivity index (χ4n) is 2.64. The molecule has 106 valence electrons. The molecule has 21 heavy (non-hydrogen) atoms. The number of benzene rings is 2. The van der Waals surface area contributed by atoms with Crippen LogP contribution in [0.2, 0.25) is 0 Å². The number of aliphatic imine (C=N–C) groups is 1. The number of hydrogen-bond acceptors (Lipinski definition) is 3. The highest BCUT2D eigenvalue weighted by Crippen LogP contribution is 2.27.